The van der Waals surface area contributed by atoms with Crippen molar-refractivity contribution in [2.75, 3.05) is 0 Å². The minimum absolute atomic E-state index is 0.0943. The second kappa shape index (κ2) is 6.74. The van der Waals surface area contributed by atoms with Crippen LogP contribution in [-0.2, 0) is 6.42 Å². The third-order valence-electron chi connectivity index (χ3n) is 3.02. The van der Waals surface area contributed by atoms with Gasteiger partial charge in [-0.2, -0.15) is 0 Å². The second-order valence-electron chi connectivity index (χ2n) is 4.42. The predicted octanol–water partition coefficient (Wildman–Crippen LogP) is 5.45. The van der Waals surface area contributed by atoms with Gasteiger partial charge in [-0.15, -0.1) is 0 Å². The average molecular weight is 305 g/mol. The summed E-state index contributed by atoms with van der Waals surface area (Å²) in [6.07, 6.45) is 4.34. The van der Waals surface area contributed by atoms with E-state index in [9.17, 15) is 4.79 Å². The van der Waals surface area contributed by atoms with E-state index in [2.05, 4.69) is 19.1 Å². The standard InChI is InChI=1S/C17H14Cl2O/c1-2-12-3-5-13(6-4-12)7-10-17(20)14-8-9-15(18)16(19)11-14/h3-11H,2H2,1H3. The van der Waals surface area contributed by atoms with Crippen molar-refractivity contribution < 1.29 is 4.79 Å². The minimum atomic E-state index is -0.0943. The van der Waals surface area contributed by atoms with Gasteiger partial charge in [-0.3, -0.25) is 4.79 Å². The number of benzene rings is 2. The maximum atomic E-state index is 12.0. The van der Waals surface area contributed by atoms with Crippen LogP contribution in [0.1, 0.15) is 28.4 Å². The number of allylic oxidation sites excluding steroid dienone is 1. The van der Waals surface area contributed by atoms with Crippen LogP contribution in [0.25, 0.3) is 6.08 Å². The van der Waals surface area contributed by atoms with E-state index in [4.69, 9.17) is 23.2 Å². The molecule has 2 aromatic rings. The van der Waals surface area contributed by atoms with Crippen LogP contribution in [0.2, 0.25) is 10.0 Å². The molecule has 0 saturated heterocycles. The summed E-state index contributed by atoms with van der Waals surface area (Å²) in [4.78, 5) is 12.0. The van der Waals surface area contributed by atoms with Crippen LogP contribution in [0.5, 0.6) is 0 Å². The third-order valence-corrected chi connectivity index (χ3v) is 3.76. The second-order valence-corrected chi connectivity index (χ2v) is 5.24. The molecule has 0 aromatic heterocycles. The van der Waals surface area contributed by atoms with Crippen molar-refractivity contribution >= 4 is 35.1 Å². The lowest BCUT2D eigenvalue weighted by molar-refractivity contribution is 0.104. The molecule has 0 saturated carbocycles. The van der Waals surface area contributed by atoms with E-state index in [0.717, 1.165) is 12.0 Å². The molecule has 0 spiro atoms. The Labute approximate surface area is 128 Å². The summed E-state index contributed by atoms with van der Waals surface area (Å²) in [7, 11) is 0. The SMILES string of the molecule is CCc1ccc(C=CC(=O)c2ccc(Cl)c(Cl)c2)cc1. The molecule has 0 fully saturated rings. The van der Waals surface area contributed by atoms with E-state index in [1.807, 2.05) is 12.1 Å². The Kier molecular flexibility index (Phi) is 4.99. The molecule has 3 heteroatoms. The van der Waals surface area contributed by atoms with Crippen molar-refractivity contribution in [3.8, 4) is 0 Å². The van der Waals surface area contributed by atoms with E-state index in [-0.39, 0.29) is 5.78 Å². The van der Waals surface area contributed by atoms with Gasteiger partial charge < -0.3 is 0 Å². The summed E-state index contributed by atoms with van der Waals surface area (Å²) in [6, 6.07) is 13.0. The van der Waals surface area contributed by atoms with Crippen molar-refractivity contribution in [3.63, 3.8) is 0 Å². The highest BCUT2D eigenvalue weighted by Gasteiger charge is 2.04. The van der Waals surface area contributed by atoms with Crippen molar-refractivity contribution in [3.05, 3.63) is 75.3 Å². The van der Waals surface area contributed by atoms with Crippen LogP contribution >= 0.6 is 23.2 Å². The number of hydrogen-bond acceptors (Lipinski definition) is 1. The Morgan fingerprint density at radius 1 is 1.05 bits per heavy atom. The lowest BCUT2D eigenvalue weighted by Gasteiger charge is -2.00. The molecule has 0 radical (unpaired) electrons. The fourth-order valence-corrected chi connectivity index (χ4v) is 2.08. The summed E-state index contributed by atoms with van der Waals surface area (Å²) in [5.41, 5.74) is 2.80. The van der Waals surface area contributed by atoms with E-state index in [1.54, 1.807) is 30.4 Å². The first-order chi connectivity index (χ1) is 9.60. The number of ketones is 1. The molecule has 2 rings (SSSR count). The molecule has 0 aliphatic carbocycles. The summed E-state index contributed by atoms with van der Waals surface area (Å²) < 4.78 is 0. The van der Waals surface area contributed by atoms with Gasteiger partial charge in [0.25, 0.3) is 0 Å². The number of carbonyl (C=O) groups excluding carboxylic acids is 1. The molecule has 1 nitrogen and oxygen atoms in total. The van der Waals surface area contributed by atoms with Gasteiger partial charge >= 0.3 is 0 Å². The smallest absolute Gasteiger partial charge is 0.185 e. The lowest BCUT2D eigenvalue weighted by Crippen LogP contribution is -1.93. The Morgan fingerprint density at radius 2 is 1.75 bits per heavy atom. The highest BCUT2D eigenvalue weighted by molar-refractivity contribution is 6.42. The Morgan fingerprint density at radius 3 is 2.35 bits per heavy atom. The van der Waals surface area contributed by atoms with Gasteiger partial charge in [-0.25, -0.2) is 0 Å². The van der Waals surface area contributed by atoms with Crippen molar-refractivity contribution in [2.45, 2.75) is 13.3 Å². The van der Waals surface area contributed by atoms with Gasteiger partial charge in [0, 0.05) is 5.56 Å². The maximum Gasteiger partial charge on any atom is 0.185 e. The van der Waals surface area contributed by atoms with Gasteiger partial charge in [-0.05, 0) is 41.8 Å². The predicted molar refractivity (Wildman–Crippen MR) is 85.6 cm³/mol. The zero-order valence-corrected chi connectivity index (χ0v) is 12.6. The quantitative estimate of drug-likeness (QED) is 0.542. The monoisotopic (exact) mass is 304 g/mol. The highest BCUT2D eigenvalue weighted by atomic mass is 35.5. The normalized spacial score (nSPS) is 10.9. The van der Waals surface area contributed by atoms with E-state index >= 15 is 0 Å². The molecule has 0 heterocycles. The van der Waals surface area contributed by atoms with Crippen molar-refractivity contribution in [1.82, 2.24) is 0 Å². The first kappa shape index (κ1) is 14.8. The first-order valence-corrected chi connectivity index (χ1v) is 7.12. The Balaban J connectivity index is 2.13. The van der Waals surface area contributed by atoms with Crippen LogP contribution < -0.4 is 0 Å². The van der Waals surface area contributed by atoms with Crippen LogP contribution in [-0.4, -0.2) is 5.78 Å². The molecular formula is C17H14Cl2O. The summed E-state index contributed by atoms with van der Waals surface area (Å²) in [5.74, 6) is -0.0943. The Hall–Kier alpha value is -1.57. The molecule has 0 atom stereocenters. The van der Waals surface area contributed by atoms with E-state index in [1.165, 1.54) is 5.56 Å². The summed E-state index contributed by atoms with van der Waals surface area (Å²) >= 11 is 11.7. The van der Waals surface area contributed by atoms with Crippen LogP contribution in [0.4, 0.5) is 0 Å². The molecule has 20 heavy (non-hydrogen) atoms. The summed E-state index contributed by atoms with van der Waals surface area (Å²) in [5, 5.41) is 0.834. The molecular weight excluding hydrogens is 291 g/mol. The molecule has 0 N–H and O–H groups in total. The maximum absolute atomic E-state index is 12.0. The fourth-order valence-electron chi connectivity index (χ4n) is 1.78. The number of aryl methyl sites for hydroxylation is 1. The zero-order valence-electron chi connectivity index (χ0n) is 11.1. The molecule has 0 bridgehead atoms. The van der Waals surface area contributed by atoms with Gasteiger partial charge in [0.15, 0.2) is 5.78 Å². The number of hydrogen-bond donors (Lipinski definition) is 0. The molecule has 0 unspecified atom stereocenters. The van der Waals surface area contributed by atoms with Crippen LogP contribution in [0, 0.1) is 0 Å². The van der Waals surface area contributed by atoms with E-state index in [0.29, 0.717) is 15.6 Å². The molecule has 0 aliphatic rings. The van der Waals surface area contributed by atoms with Crippen LogP contribution in [0.15, 0.2) is 48.5 Å². The van der Waals surface area contributed by atoms with Gasteiger partial charge in [0.1, 0.15) is 0 Å². The lowest BCUT2D eigenvalue weighted by atomic mass is 10.1. The number of rotatable bonds is 4. The molecule has 0 amide bonds. The van der Waals surface area contributed by atoms with Gasteiger partial charge in [0.2, 0.25) is 0 Å². The van der Waals surface area contributed by atoms with Crippen LogP contribution in [0.3, 0.4) is 0 Å². The average Bonchev–Trinajstić information content (AvgIpc) is 2.48. The van der Waals surface area contributed by atoms with Crippen molar-refractivity contribution in [1.29, 1.82) is 0 Å². The van der Waals surface area contributed by atoms with E-state index < -0.39 is 0 Å². The molecule has 102 valence electrons. The topological polar surface area (TPSA) is 17.1 Å². The fraction of sp³-hybridized carbons (Fsp3) is 0.118. The van der Waals surface area contributed by atoms with Crippen molar-refractivity contribution in [2.24, 2.45) is 0 Å². The van der Waals surface area contributed by atoms with Gasteiger partial charge in [-0.1, -0.05) is 60.5 Å². The largest absolute Gasteiger partial charge is 0.289 e. The first-order valence-electron chi connectivity index (χ1n) is 6.36. The zero-order chi connectivity index (χ0) is 14.5. The Bertz CT molecular complexity index is 643. The minimum Gasteiger partial charge on any atom is -0.289 e. The summed E-state index contributed by atoms with van der Waals surface area (Å²) in [6.45, 7) is 2.11. The third kappa shape index (κ3) is 3.72. The molecule has 0 aliphatic heterocycles. The molecule has 2 aromatic carbocycles. The highest BCUT2D eigenvalue weighted by Crippen LogP contribution is 2.23. The number of halogens is 2. The van der Waals surface area contributed by atoms with Gasteiger partial charge in [0.05, 0.1) is 10.0 Å². The number of carbonyl (C=O) groups is 1.